The molecule has 0 saturated heterocycles. The number of hydrogen-bond acceptors (Lipinski definition) is 2. The minimum atomic E-state index is -1.13. The third kappa shape index (κ3) is 2.41. The minimum Gasteiger partial charge on any atom is -0.203 e. The highest BCUT2D eigenvalue weighted by Crippen LogP contribution is 2.37. The van der Waals surface area contributed by atoms with Gasteiger partial charge in [-0.3, -0.25) is 0 Å². The van der Waals surface area contributed by atoms with Gasteiger partial charge in [0.15, 0.2) is 11.6 Å². The van der Waals surface area contributed by atoms with Crippen LogP contribution in [0.2, 0.25) is 0 Å². The predicted molar refractivity (Wildman–Crippen MR) is 86.7 cm³/mol. The van der Waals surface area contributed by atoms with Gasteiger partial charge in [0.2, 0.25) is 0 Å². The summed E-state index contributed by atoms with van der Waals surface area (Å²) in [6.45, 7) is 0. The lowest BCUT2D eigenvalue weighted by molar-refractivity contribution is 0.513. The standard InChI is InChI=1S/C20H10F2N2/c21-19-17(13-7-3-1-4-8-13)15(11-23)16(12-24)18(20(19)22)14-9-5-2-6-10-14/h1-10H. The van der Waals surface area contributed by atoms with Gasteiger partial charge in [-0.25, -0.2) is 8.78 Å². The Morgan fingerprint density at radius 1 is 0.583 bits per heavy atom. The van der Waals surface area contributed by atoms with Gasteiger partial charge in [0, 0.05) is 11.1 Å². The van der Waals surface area contributed by atoms with Crippen LogP contribution in [0.1, 0.15) is 11.1 Å². The molecule has 0 unspecified atom stereocenters. The fraction of sp³-hybridized carbons (Fsp3) is 0. The second-order valence-corrected chi connectivity index (χ2v) is 5.08. The molecular formula is C20H10F2N2. The molecule has 0 fully saturated rings. The molecule has 4 heteroatoms. The van der Waals surface area contributed by atoms with Gasteiger partial charge in [0.05, 0.1) is 11.1 Å². The van der Waals surface area contributed by atoms with Gasteiger partial charge >= 0.3 is 0 Å². The van der Waals surface area contributed by atoms with Crippen LogP contribution in [-0.2, 0) is 0 Å². The Balaban J connectivity index is 2.44. The summed E-state index contributed by atoms with van der Waals surface area (Å²) in [6, 6.07) is 20.1. The van der Waals surface area contributed by atoms with Crippen molar-refractivity contribution in [2.24, 2.45) is 0 Å². The van der Waals surface area contributed by atoms with Crippen molar-refractivity contribution < 1.29 is 8.78 Å². The summed E-state index contributed by atoms with van der Waals surface area (Å²) in [7, 11) is 0. The fourth-order valence-electron chi connectivity index (χ4n) is 2.66. The molecule has 0 heterocycles. The SMILES string of the molecule is N#Cc1c(C#N)c(-c2ccccc2)c(F)c(F)c1-c1ccccc1. The molecular weight excluding hydrogens is 306 g/mol. The molecule has 3 aromatic rings. The Morgan fingerprint density at radius 3 is 1.21 bits per heavy atom. The van der Waals surface area contributed by atoms with Crippen LogP contribution in [0.15, 0.2) is 60.7 Å². The highest BCUT2D eigenvalue weighted by Gasteiger charge is 2.26. The first-order valence-corrected chi connectivity index (χ1v) is 7.15. The number of nitriles is 2. The van der Waals surface area contributed by atoms with Crippen molar-refractivity contribution >= 4 is 0 Å². The zero-order chi connectivity index (χ0) is 17.1. The number of halogens is 2. The first-order chi connectivity index (χ1) is 11.7. The van der Waals surface area contributed by atoms with E-state index in [1.807, 2.05) is 12.1 Å². The molecule has 2 nitrogen and oxygen atoms in total. The Bertz CT molecular complexity index is 900. The van der Waals surface area contributed by atoms with E-state index in [4.69, 9.17) is 0 Å². The lowest BCUT2D eigenvalue weighted by atomic mass is 9.89. The highest BCUT2D eigenvalue weighted by molar-refractivity contribution is 5.83. The summed E-state index contributed by atoms with van der Waals surface area (Å²) in [5.74, 6) is -2.26. The molecule has 0 radical (unpaired) electrons. The third-order valence-electron chi connectivity index (χ3n) is 3.73. The van der Waals surface area contributed by atoms with Crippen LogP contribution in [0, 0.1) is 34.3 Å². The summed E-state index contributed by atoms with van der Waals surface area (Å²) in [4.78, 5) is 0. The molecule has 0 bridgehead atoms. The average molecular weight is 316 g/mol. The first-order valence-electron chi connectivity index (χ1n) is 7.15. The zero-order valence-electron chi connectivity index (χ0n) is 12.4. The Kier molecular flexibility index (Phi) is 4.05. The molecule has 0 spiro atoms. The predicted octanol–water partition coefficient (Wildman–Crippen LogP) is 5.04. The minimum absolute atomic E-state index is 0.165. The van der Waals surface area contributed by atoms with Crippen molar-refractivity contribution in [3.05, 3.63) is 83.4 Å². The topological polar surface area (TPSA) is 47.6 Å². The molecule has 0 aliphatic heterocycles. The molecule has 0 saturated carbocycles. The maximum atomic E-state index is 14.8. The fourth-order valence-corrected chi connectivity index (χ4v) is 2.66. The number of nitrogens with zero attached hydrogens (tertiary/aromatic N) is 2. The van der Waals surface area contributed by atoms with Gasteiger partial charge in [-0.15, -0.1) is 0 Å². The van der Waals surface area contributed by atoms with E-state index in [0.29, 0.717) is 11.1 Å². The van der Waals surface area contributed by atoms with Gasteiger partial charge in [0.25, 0.3) is 0 Å². The van der Waals surface area contributed by atoms with Crippen LogP contribution in [-0.4, -0.2) is 0 Å². The molecule has 0 aliphatic rings. The van der Waals surface area contributed by atoms with Gasteiger partial charge < -0.3 is 0 Å². The smallest absolute Gasteiger partial charge is 0.168 e. The second-order valence-electron chi connectivity index (χ2n) is 5.08. The Hall–Kier alpha value is -3.50. The van der Waals surface area contributed by atoms with E-state index in [0.717, 1.165) is 0 Å². The van der Waals surface area contributed by atoms with Gasteiger partial charge in [0.1, 0.15) is 12.1 Å². The number of hydrogen-bond donors (Lipinski definition) is 0. The maximum absolute atomic E-state index is 14.8. The normalized spacial score (nSPS) is 10.0. The number of rotatable bonds is 2. The summed E-state index contributed by atoms with van der Waals surface area (Å²) >= 11 is 0. The summed E-state index contributed by atoms with van der Waals surface area (Å²) in [6.07, 6.45) is 0. The lowest BCUT2D eigenvalue weighted by Crippen LogP contribution is -2.03. The molecule has 3 aromatic carbocycles. The van der Waals surface area contributed by atoms with Gasteiger partial charge in [-0.2, -0.15) is 10.5 Å². The van der Waals surface area contributed by atoms with E-state index < -0.39 is 11.6 Å². The average Bonchev–Trinajstić information content (AvgIpc) is 2.64. The molecule has 24 heavy (non-hydrogen) atoms. The van der Waals surface area contributed by atoms with Crippen molar-refractivity contribution in [1.29, 1.82) is 10.5 Å². The van der Waals surface area contributed by atoms with Gasteiger partial charge in [-0.1, -0.05) is 60.7 Å². The third-order valence-corrected chi connectivity index (χ3v) is 3.73. The monoisotopic (exact) mass is 316 g/mol. The van der Waals surface area contributed by atoms with E-state index in [9.17, 15) is 19.3 Å². The van der Waals surface area contributed by atoms with Crippen LogP contribution in [0.25, 0.3) is 22.3 Å². The highest BCUT2D eigenvalue weighted by atomic mass is 19.2. The van der Waals surface area contributed by atoms with Crippen LogP contribution in [0.3, 0.4) is 0 Å². The first kappa shape index (κ1) is 15.4. The molecule has 0 aliphatic carbocycles. The molecule has 0 N–H and O–H groups in total. The molecule has 0 atom stereocenters. The van der Waals surface area contributed by atoms with Crippen LogP contribution < -0.4 is 0 Å². The van der Waals surface area contributed by atoms with Crippen molar-refractivity contribution in [3.63, 3.8) is 0 Å². The van der Waals surface area contributed by atoms with E-state index in [1.165, 1.54) is 0 Å². The summed E-state index contributed by atoms with van der Waals surface area (Å²) in [5, 5.41) is 19.0. The number of benzene rings is 3. The molecule has 114 valence electrons. The van der Waals surface area contributed by atoms with Gasteiger partial charge in [-0.05, 0) is 11.1 Å². The zero-order valence-corrected chi connectivity index (χ0v) is 12.4. The van der Waals surface area contributed by atoms with E-state index >= 15 is 0 Å². The van der Waals surface area contributed by atoms with E-state index in [2.05, 4.69) is 0 Å². The molecule has 0 aromatic heterocycles. The summed E-state index contributed by atoms with van der Waals surface area (Å²) in [5.41, 5.74) is -0.00954. The van der Waals surface area contributed by atoms with E-state index in [1.54, 1.807) is 60.7 Å². The van der Waals surface area contributed by atoms with Crippen LogP contribution in [0.5, 0.6) is 0 Å². The van der Waals surface area contributed by atoms with Crippen molar-refractivity contribution in [3.8, 4) is 34.4 Å². The second kappa shape index (κ2) is 6.32. The van der Waals surface area contributed by atoms with Crippen molar-refractivity contribution in [2.45, 2.75) is 0 Å². The summed E-state index contributed by atoms with van der Waals surface area (Å²) < 4.78 is 29.5. The van der Waals surface area contributed by atoms with Crippen molar-refractivity contribution in [1.82, 2.24) is 0 Å². The van der Waals surface area contributed by atoms with Crippen LogP contribution >= 0.6 is 0 Å². The van der Waals surface area contributed by atoms with Crippen molar-refractivity contribution in [2.75, 3.05) is 0 Å². The molecule has 0 amide bonds. The Morgan fingerprint density at radius 2 is 0.917 bits per heavy atom. The quantitative estimate of drug-likeness (QED) is 0.665. The Labute approximate surface area is 137 Å². The maximum Gasteiger partial charge on any atom is 0.168 e. The lowest BCUT2D eigenvalue weighted by Gasteiger charge is -2.14. The van der Waals surface area contributed by atoms with E-state index in [-0.39, 0.29) is 22.3 Å². The largest absolute Gasteiger partial charge is 0.203 e. The van der Waals surface area contributed by atoms with Crippen LogP contribution in [0.4, 0.5) is 8.78 Å². The molecule has 3 rings (SSSR count).